The number of hydrogen-bond acceptors (Lipinski definition) is 8. The second kappa shape index (κ2) is 14.1. The maximum atomic E-state index is 13.6. The van der Waals surface area contributed by atoms with E-state index in [1.54, 1.807) is 0 Å². The Morgan fingerprint density at radius 2 is 1.95 bits per heavy atom. The highest BCUT2D eigenvalue weighted by molar-refractivity contribution is 6.00. The molecule has 0 radical (unpaired) electrons. The first-order valence-corrected chi connectivity index (χ1v) is 13.3. The summed E-state index contributed by atoms with van der Waals surface area (Å²) < 4.78 is 17.2. The molecule has 38 heavy (non-hydrogen) atoms. The zero-order valence-corrected chi connectivity index (χ0v) is 22.0. The third-order valence-corrected chi connectivity index (χ3v) is 6.73. The van der Waals surface area contributed by atoms with Crippen molar-refractivity contribution in [3.63, 3.8) is 0 Å². The molecule has 0 bridgehead atoms. The standard InChI is InChI=1S/C29H38N4O5/c1-23-29(14-5-9-24-7-3-2-4-8-24,28(35)32-30-15-16-33-17-21-36-22-18-33)31-27(38-23)25-10-12-26(13-11-25)37-20-6-19-34/h2-5,7-13,23,30,34H,6,14-22H2,1H3,(H,32,35)/b9-5+/t23-,29-/m0/s1. The van der Waals surface area contributed by atoms with Gasteiger partial charge >= 0.3 is 0 Å². The summed E-state index contributed by atoms with van der Waals surface area (Å²) in [6.45, 7) is 7.12. The van der Waals surface area contributed by atoms with Crippen molar-refractivity contribution in [2.45, 2.75) is 31.4 Å². The van der Waals surface area contributed by atoms with Crippen LogP contribution in [-0.4, -0.2) is 86.1 Å². The van der Waals surface area contributed by atoms with E-state index in [0.717, 1.165) is 44.0 Å². The molecule has 0 aromatic heterocycles. The van der Waals surface area contributed by atoms with E-state index in [4.69, 9.17) is 24.3 Å². The van der Waals surface area contributed by atoms with Gasteiger partial charge in [-0.25, -0.2) is 10.4 Å². The SMILES string of the molecule is C[C@@H]1OC(c2ccc(OCCCO)cc2)=N[C@]1(C/C=C/c1ccccc1)C(=O)NNCCN1CCOCC1. The predicted octanol–water partition coefficient (Wildman–Crippen LogP) is 2.41. The average Bonchev–Trinajstić information content (AvgIpc) is 3.29. The van der Waals surface area contributed by atoms with Crippen molar-refractivity contribution in [2.75, 3.05) is 52.6 Å². The van der Waals surface area contributed by atoms with E-state index in [2.05, 4.69) is 15.8 Å². The van der Waals surface area contributed by atoms with E-state index in [9.17, 15) is 4.79 Å². The Morgan fingerprint density at radius 3 is 2.68 bits per heavy atom. The van der Waals surface area contributed by atoms with Crippen LogP contribution in [0.3, 0.4) is 0 Å². The zero-order chi connectivity index (χ0) is 26.6. The Hall–Kier alpha value is -3.24. The minimum absolute atomic E-state index is 0.0888. The summed E-state index contributed by atoms with van der Waals surface area (Å²) in [5.41, 5.74) is 6.67. The number of hydrogen-bond donors (Lipinski definition) is 3. The van der Waals surface area contributed by atoms with Gasteiger partial charge in [-0.1, -0.05) is 42.5 Å². The van der Waals surface area contributed by atoms with Gasteiger partial charge in [0.15, 0.2) is 5.54 Å². The van der Waals surface area contributed by atoms with Crippen LogP contribution in [0.1, 0.15) is 30.9 Å². The van der Waals surface area contributed by atoms with Crippen molar-refractivity contribution < 1.29 is 24.1 Å². The highest BCUT2D eigenvalue weighted by Gasteiger charge is 2.49. The van der Waals surface area contributed by atoms with Gasteiger partial charge in [-0.2, -0.15) is 0 Å². The van der Waals surface area contributed by atoms with Gasteiger partial charge in [-0.15, -0.1) is 0 Å². The molecule has 1 saturated heterocycles. The van der Waals surface area contributed by atoms with Crippen molar-refractivity contribution in [1.29, 1.82) is 0 Å². The van der Waals surface area contributed by atoms with E-state index >= 15 is 0 Å². The molecule has 0 saturated carbocycles. The number of amides is 1. The summed E-state index contributed by atoms with van der Waals surface area (Å²) in [7, 11) is 0. The number of carbonyl (C=O) groups excluding carboxylic acids is 1. The molecular weight excluding hydrogens is 484 g/mol. The maximum absolute atomic E-state index is 13.6. The lowest BCUT2D eigenvalue weighted by Crippen LogP contribution is -2.55. The number of aliphatic hydroxyl groups is 1. The van der Waals surface area contributed by atoms with Crippen molar-refractivity contribution in [3.8, 4) is 5.75 Å². The zero-order valence-electron chi connectivity index (χ0n) is 22.0. The maximum Gasteiger partial charge on any atom is 0.266 e. The Balaban J connectivity index is 1.46. The summed E-state index contributed by atoms with van der Waals surface area (Å²) in [5, 5.41) is 8.94. The van der Waals surface area contributed by atoms with Gasteiger partial charge < -0.3 is 19.3 Å². The monoisotopic (exact) mass is 522 g/mol. The minimum Gasteiger partial charge on any atom is -0.494 e. The fourth-order valence-electron chi connectivity index (χ4n) is 4.41. The normalized spacial score (nSPS) is 21.7. The first-order valence-electron chi connectivity index (χ1n) is 13.3. The van der Waals surface area contributed by atoms with Crippen LogP contribution in [0.2, 0.25) is 0 Å². The molecule has 2 aromatic rings. The van der Waals surface area contributed by atoms with E-state index < -0.39 is 11.6 Å². The molecular formula is C29H38N4O5. The van der Waals surface area contributed by atoms with Gasteiger partial charge in [0.2, 0.25) is 5.90 Å². The van der Waals surface area contributed by atoms with Gasteiger partial charge in [-0.3, -0.25) is 15.1 Å². The number of morpholine rings is 1. The van der Waals surface area contributed by atoms with Crippen LogP contribution >= 0.6 is 0 Å². The molecule has 9 heteroatoms. The van der Waals surface area contributed by atoms with Crippen molar-refractivity contribution >= 4 is 17.9 Å². The third-order valence-electron chi connectivity index (χ3n) is 6.73. The molecule has 2 atom stereocenters. The van der Waals surface area contributed by atoms with Crippen LogP contribution in [0.25, 0.3) is 6.08 Å². The first kappa shape index (κ1) is 27.8. The number of aliphatic imine (C=N–C) groups is 1. The second-order valence-corrected chi connectivity index (χ2v) is 9.40. The van der Waals surface area contributed by atoms with Crippen LogP contribution in [0.15, 0.2) is 65.7 Å². The molecule has 4 rings (SSSR count). The van der Waals surface area contributed by atoms with Crippen molar-refractivity contribution in [3.05, 3.63) is 71.8 Å². The highest BCUT2D eigenvalue weighted by atomic mass is 16.5. The summed E-state index contributed by atoms with van der Waals surface area (Å²) in [6, 6.07) is 17.4. The molecule has 2 aromatic carbocycles. The lowest BCUT2D eigenvalue weighted by molar-refractivity contribution is -0.129. The molecule has 2 heterocycles. The van der Waals surface area contributed by atoms with Crippen molar-refractivity contribution in [1.82, 2.24) is 15.8 Å². The molecule has 1 fully saturated rings. The Labute approximate surface area is 224 Å². The molecule has 1 amide bonds. The number of benzene rings is 2. The smallest absolute Gasteiger partial charge is 0.266 e. The number of hydrazine groups is 1. The lowest BCUT2D eigenvalue weighted by Gasteiger charge is -2.28. The molecule has 9 nitrogen and oxygen atoms in total. The average molecular weight is 523 g/mol. The number of rotatable bonds is 13. The number of ether oxygens (including phenoxy) is 3. The molecule has 0 unspecified atom stereocenters. The summed E-state index contributed by atoms with van der Waals surface area (Å²) >= 11 is 0. The summed E-state index contributed by atoms with van der Waals surface area (Å²) in [5.74, 6) is 0.896. The molecule has 3 N–H and O–H groups in total. The molecule has 204 valence electrons. The van der Waals surface area contributed by atoms with Gasteiger partial charge in [0, 0.05) is 51.2 Å². The van der Waals surface area contributed by atoms with Crippen LogP contribution in [0, 0.1) is 0 Å². The highest BCUT2D eigenvalue weighted by Crippen LogP contribution is 2.33. The number of nitrogens with zero attached hydrogens (tertiary/aromatic N) is 2. The second-order valence-electron chi connectivity index (χ2n) is 9.40. The topological polar surface area (TPSA) is 105 Å². The van der Waals surface area contributed by atoms with Crippen LogP contribution < -0.4 is 15.6 Å². The van der Waals surface area contributed by atoms with Gasteiger partial charge in [-0.05, 0) is 36.8 Å². The van der Waals surface area contributed by atoms with E-state index in [1.165, 1.54) is 0 Å². The van der Waals surface area contributed by atoms with E-state index in [0.29, 0.717) is 37.6 Å². The van der Waals surface area contributed by atoms with Crippen LogP contribution in [0.5, 0.6) is 5.75 Å². The fourth-order valence-corrected chi connectivity index (χ4v) is 4.41. The number of carbonyl (C=O) groups is 1. The van der Waals surface area contributed by atoms with Gasteiger partial charge in [0.05, 0.1) is 19.8 Å². The third kappa shape index (κ3) is 7.41. The lowest BCUT2D eigenvalue weighted by atomic mass is 9.89. The molecule has 0 aliphatic carbocycles. The van der Waals surface area contributed by atoms with E-state index in [1.807, 2.05) is 73.7 Å². The van der Waals surface area contributed by atoms with Crippen molar-refractivity contribution in [2.24, 2.45) is 4.99 Å². The molecule has 0 spiro atoms. The Bertz CT molecular complexity index is 1070. The summed E-state index contributed by atoms with van der Waals surface area (Å²) in [6.07, 6.45) is 4.46. The fraction of sp³-hybridized carbons (Fsp3) is 0.448. The number of aliphatic hydroxyl groups excluding tert-OH is 1. The molecule has 2 aliphatic rings. The van der Waals surface area contributed by atoms with Crippen LogP contribution in [-0.2, 0) is 14.3 Å². The number of nitrogens with one attached hydrogen (secondary N) is 2. The van der Waals surface area contributed by atoms with Gasteiger partial charge in [0.25, 0.3) is 5.91 Å². The predicted molar refractivity (Wildman–Crippen MR) is 147 cm³/mol. The first-order chi connectivity index (χ1) is 18.6. The summed E-state index contributed by atoms with van der Waals surface area (Å²) in [4.78, 5) is 20.7. The quantitative estimate of drug-likeness (QED) is 0.274. The Morgan fingerprint density at radius 1 is 1.18 bits per heavy atom. The Kier molecular flexibility index (Phi) is 10.3. The van der Waals surface area contributed by atoms with E-state index in [-0.39, 0.29) is 12.5 Å². The van der Waals surface area contributed by atoms with Gasteiger partial charge in [0.1, 0.15) is 11.9 Å². The largest absolute Gasteiger partial charge is 0.494 e. The van der Waals surface area contributed by atoms with Crippen LogP contribution in [0.4, 0.5) is 0 Å². The minimum atomic E-state index is -1.12. The molecule has 2 aliphatic heterocycles.